The van der Waals surface area contributed by atoms with Gasteiger partial charge >= 0.3 is 0 Å². The summed E-state index contributed by atoms with van der Waals surface area (Å²) in [4.78, 5) is 0. The Morgan fingerprint density at radius 1 is 1.10 bits per heavy atom. The zero-order valence-electron chi connectivity index (χ0n) is 7.41. The highest BCUT2D eigenvalue weighted by molar-refractivity contribution is 5.44. The van der Waals surface area contributed by atoms with Crippen LogP contribution in [0.15, 0.2) is 22.3 Å². The van der Waals surface area contributed by atoms with Crippen LogP contribution in [0.4, 0.5) is 0 Å². The molecular weight excluding hydrogens is 120 g/mol. The van der Waals surface area contributed by atoms with Crippen LogP contribution < -0.4 is 0 Å². The summed E-state index contributed by atoms with van der Waals surface area (Å²) in [7, 11) is 0. The lowest BCUT2D eigenvalue weighted by atomic mass is 10.1. The van der Waals surface area contributed by atoms with Gasteiger partial charge in [0, 0.05) is 0 Å². The Labute approximate surface area is 63.6 Å². The van der Waals surface area contributed by atoms with Crippen LogP contribution in [0.1, 0.15) is 40.5 Å². The van der Waals surface area contributed by atoms with Gasteiger partial charge in [-0.05, 0) is 44.8 Å². The predicted octanol–water partition coefficient (Wildman–Crippen LogP) is 3.45. The molecule has 56 valence electrons. The van der Waals surface area contributed by atoms with E-state index in [0.29, 0.717) is 0 Å². The molecule has 0 aromatic rings. The summed E-state index contributed by atoms with van der Waals surface area (Å²) in [5, 5.41) is 0. The number of allylic oxidation sites excluding steroid dienone is 4. The van der Waals surface area contributed by atoms with Crippen molar-refractivity contribution in [2.45, 2.75) is 40.5 Å². The standard InChI is InChI=1S/C10H16/c1-5-10-8(3)6-7(2)9(10)4/h5-6H2,1-4H3. The highest BCUT2D eigenvalue weighted by atomic mass is 14.2. The molecule has 0 aromatic carbocycles. The van der Waals surface area contributed by atoms with Crippen LogP contribution in [0.25, 0.3) is 0 Å². The topological polar surface area (TPSA) is 0 Å². The van der Waals surface area contributed by atoms with Crippen LogP contribution in [0.2, 0.25) is 0 Å². The van der Waals surface area contributed by atoms with Gasteiger partial charge in [0.1, 0.15) is 0 Å². The lowest BCUT2D eigenvalue weighted by Gasteiger charge is -2.00. The van der Waals surface area contributed by atoms with Crippen molar-refractivity contribution in [3.63, 3.8) is 0 Å². The number of rotatable bonds is 1. The Kier molecular flexibility index (Phi) is 1.98. The third-order valence-electron chi connectivity index (χ3n) is 2.49. The van der Waals surface area contributed by atoms with Crippen molar-refractivity contribution >= 4 is 0 Å². The minimum absolute atomic E-state index is 1.20. The molecule has 0 fully saturated rings. The predicted molar refractivity (Wildman–Crippen MR) is 46.0 cm³/mol. The largest absolute Gasteiger partial charge is 0.0661 e. The van der Waals surface area contributed by atoms with Crippen molar-refractivity contribution in [1.82, 2.24) is 0 Å². The van der Waals surface area contributed by atoms with E-state index in [1.165, 1.54) is 12.8 Å². The van der Waals surface area contributed by atoms with Gasteiger partial charge in [-0.25, -0.2) is 0 Å². The summed E-state index contributed by atoms with van der Waals surface area (Å²) in [6.45, 7) is 8.96. The highest BCUT2D eigenvalue weighted by Gasteiger charge is 2.12. The van der Waals surface area contributed by atoms with Gasteiger partial charge in [-0.15, -0.1) is 0 Å². The van der Waals surface area contributed by atoms with Crippen LogP contribution in [0, 0.1) is 0 Å². The number of hydrogen-bond donors (Lipinski definition) is 0. The van der Waals surface area contributed by atoms with Gasteiger partial charge in [0.15, 0.2) is 0 Å². The molecule has 1 rings (SSSR count). The van der Waals surface area contributed by atoms with E-state index in [1.54, 1.807) is 22.3 Å². The first-order valence-corrected chi connectivity index (χ1v) is 4.02. The van der Waals surface area contributed by atoms with Crippen molar-refractivity contribution in [1.29, 1.82) is 0 Å². The van der Waals surface area contributed by atoms with E-state index >= 15 is 0 Å². The lowest BCUT2D eigenvalue weighted by molar-refractivity contribution is 1.07. The van der Waals surface area contributed by atoms with Gasteiger partial charge in [-0.3, -0.25) is 0 Å². The summed E-state index contributed by atoms with van der Waals surface area (Å²) in [6, 6.07) is 0. The second kappa shape index (κ2) is 2.61. The van der Waals surface area contributed by atoms with Gasteiger partial charge in [0.05, 0.1) is 0 Å². The van der Waals surface area contributed by atoms with Crippen LogP contribution in [0.3, 0.4) is 0 Å². The Hall–Kier alpha value is -0.520. The maximum absolute atomic E-state index is 2.25. The molecule has 0 heteroatoms. The molecule has 1 aliphatic carbocycles. The van der Waals surface area contributed by atoms with Gasteiger partial charge < -0.3 is 0 Å². The fraction of sp³-hybridized carbons (Fsp3) is 0.600. The van der Waals surface area contributed by atoms with Gasteiger partial charge in [-0.2, -0.15) is 0 Å². The lowest BCUT2D eigenvalue weighted by Crippen LogP contribution is -1.80. The molecule has 0 amide bonds. The van der Waals surface area contributed by atoms with Crippen LogP contribution in [-0.2, 0) is 0 Å². The molecule has 0 unspecified atom stereocenters. The van der Waals surface area contributed by atoms with Crippen molar-refractivity contribution in [2.24, 2.45) is 0 Å². The normalized spacial score (nSPS) is 19.2. The van der Waals surface area contributed by atoms with Crippen molar-refractivity contribution in [3.8, 4) is 0 Å². The van der Waals surface area contributed by atoms with Crippen LogP contribution in [-0.4, -0.2) is 0 Å². The van der Waals surface area contributed by atoms with E-state index in [0.717, 1.165) is 0 Å². The molecule has 0 nitrogen and oxygen atoms in total. The maximum atomic E-state index is 2.25. The second-order valence-electron chi connectivity index (χ2n) is 3.19. The minimum Gasteiger partial charge on any atom is -0.0661 e. The van der Waals surface area contributed by atoms with E-state index in [2.05, 4.69) is 27.7 Å². The molecular formula is C10H16. The molecule has 0 aromatic heterocycles. The van der Waals surface area contributed by atoms with Crippen molar-refractivity contribution in [3.05, 3.63) is 22.3 Å². The quantitative estimate of drug-likeness (QED) is 0.518. The fourth-order valence-electron chi connectivity index (χ4n) is 1.78. The maximum Gasteiger partial charge on any atom is -0.0102 e. The summed E-state index contributed by atoms with van der Waals surface area (Å²) >= 11 is 0. The zero-order chi connectivity index (χ0) is 7.72. The average Bonchev–Trinajstić information content (AvgIpc) is 2.09. The van der Waals surface area contributed by atoms with Gasteiger partial charge in [0.25, 0.3) is 0 Å². The minimum atomic E-state index is 1.20. The third kappa shape index (κ3) is 1.03. The first kappa shape index (κ1) is 7.59. The molecule has 10 heavy (non-hydrogen) atoms. The molecule has 0 radical (unpaired) electrons. The number of hydrogen-bond acceptors (Lipinski definition) is 0. The SMILES string of the molecule is CCC1=C(C)CC(C)=C1C. The second-order valence-corrected chi connectivity index (χ2v) is 3.19. The van der Waals surface area contributed by atoms with E-state index in [9.17, 15) is 0 Å². The Bertz CT molecular complexity index is 204. The molecule has 0 bridgehead atoms. The Morgan fingerprint density at radius 2 is 1.70 bits per heavy atom. The Balaban J connectivity index is 2.94. The summed E-state index contributed by atoms with van der Waals surface area (Å²) in [6.07, 6.45) is 2.42. The zero-order valence-corrected chi connectivity index (χ0v) is 7.41. The molecule has 0 saturated carbocycles. The van der Waals surface area contributed by atoms with Crippen LogP contribution in [0.5, 0.6) is 0 Å². The van der Waals surface area contributed by atoms with E-state index in [1.807, 2.05) is 0 Å². The van der Waals surface area contributed by atoms with Crippen LogP contribution >= 0.6 is 0 Å². The molecule has 0 heterocycles. The fourth-order valence-corrected chi connectivity index (χ4v) is 1.78. The molecule has 0 spiro atoms. The van der Waals surface area contributed by atoms with Gasteiger partial charge in [-0.1, -0.05) is 18.1 Å². The van der Waals surface area contributed by atoms with Crippen molar-refractivity contribution in [2.75, 3.05) is 0 Å². The first-order valence-electron chi connectivity index (χ1n) is 4.02. The average molecular weight is 136 g/mol. The summed E-state index contributed by atoms with van der Waals surface area (Å²) < 4.78 is 0. The summed E-state index contributed by atoms with van der Waals surface area (Å²) in [5.41, 5.74) is 6.28. The molecule has 0 aliphatic heterocycles. The highest BCUT2D eigenvalue weighted by Crippen LogP contribution is 2.32. The van der Waals surface area contributed by atoms with Crippen molar-refractivity contribution < 1.29 is 0 Å². The monoisotopic (exact) mass is 136 g/mol. The Morgan fingerprint density at radius 3 is 1.90 bits per heavy atom. The van der Waals surface area contributed by atoms with E-state index < -0.39 is 0 Å². The molecule has 0 saturated heterocycles. The molecule has 0 N–H and O–H groups in total. The third-order valence-corrected chi connectivity index (χ3v) is 2.49. The smallest absolute Gasteiger partial charge is 0.0102 e. The van der Waals surface area contributed by atoms with E-state index in [-0.39, 0.29) is 0 Å². The van der Waals surface area contributed by atoms with E-state index in [4.69, 9.17) is 0 Å². The summed E-state index contributed by atoms with van der Waals surface area (Å²) in [5.74, 6) is 0. The molecule has 1 aliphatic rings. The van der Waals surface area contributed by atoms with Gasteiger partial charge in [0.2, 0.25) is 0 Å². The first-order chi connectivity index (χ1) is 4.66. The molecule has 0 atom stereocenters.